The average Bonchev–Trinajstić information content (AvgIpc) is 2.66. The molecule has 5 nitrogen and oxygen atoms in total. The lowest BCUT2D eigenvalue weighted by Crippen LogP contribution is -2.22. The largest absolute Gasteiger partial charge is 0.399 e. The minimum Gasteiger partial charge on any atom is -0.399 e. The SMILES string of the molecule is C/C(=C\C=C(\Br)C(C)C)C[C@H](O)Nc1nc2c(nc1C)-c1ccc(N)cc1CC2. The summed E-state index contributed by atoms with van der Waals surface area (Å²) in [6, 6.07) is 5.95. The van der Waals surface area contributed by atoms with Gasteiger partial charge in [-0.2, -0.15) is 0 Å². The Kier molecular flexibility index (Phi) is 6.75. The van der Waals surface area contributed by atoms with Gasteiger partial charge in [-0.25, -0.2) is 9.97 Å². The molecule has 1 heterocycles. The van der Waals surface area contributed by atoms with Crippen LogP contribution in [0, 0.1) is 12.8 Å². The number of nitrogens with zero attached hydrogens (tertiary/aromatic N) is 2. The number of aryl methyl sites for hydroxylation is 3. The van der Waals surface area contributed by atoms with Gasteiger partial charge in [-0.05, 0) is 54.8 Å². The van der Waals surface area contributed by atoms with Gasteiger partial charge in [-0.3, -0.25) is 0 Å². The number of allylic oxidation sites excluding steroid dienone is 3. The molecule has 2 aromatic rings. The summed E-state index contributed by atoms with van der Waals surface area (Å²) in [5.41, 5.74) is 12.7. The van der Waals surface area contributed by atoms with Crippen LogP contribution in [0.3, 0.4) is 0 Å². The third kappa shape index (κ3) is 5.25. The van der Waals surface area contributed by atoms with E-state index in [9.17, 15) is 5.11 Å². The number of aromatic nitrogens is 2. The van der Waals surface area contributed by atoms with Crippen LogP contribution >= 0.6 is 15.9 Å². The van der Waals surface area contributed by atoms with Gasteiger partial charge in [-0.1, -0.05) is 53.6 Å². The molecule has 0 saturated carbocycles. The summed E-state index contributed by atoms with van der Waals surface area (Å²) in [6.45, 7) is 8.19. The van der Waals surface area contributed by atoms with Gasteiger partial charge >= 0.3 is 0 Å². The Labute approximate surface area is 181 Å². The van der Waals surface area contributed by atoms with E-state index >= 15 is 0 Å². The predicted octanol–water partition coefficient (Wildman–Crippen LogP) is 5.13. The molecular formula is C23H29BrN4O. The topological polar surface area (TPSA) is 84.1 Å². The number of nitrogens with two attached hydrogens (primary N) is 1. The number of aliphatic hydroxyl groups excluding tert-OH is 1. The van der Waals surface area contributed by atoms with E-state index in [0.29, 0.717) is 18.2 Å². The van der Waals surface area contributed by atoms with E-state index < -0.39 is 6.23 Å². The molecule has 0 radical (unpaired) electrons. The summed E-state index contributed by atoms with van der Waals surface area (Å²) < 4.78 is 1.14. The number of fused-ring (bicyclic) bond motifs is 3. The molecule has 1 aromatic carbocycles. The minimum atomic E-state index is -0.723. The highest BCUT2D eigenvalue weighted by atomic mass is 79.9. The maximum absolute atomic E-state index is 10.5. The van der Waals surface area contributed by atoms with Crippen molar-refractivity contribution in [1.29, 1.82) is 0 Å². The molecule has 4 N–H and O–H groups in total. The van der Waals surface area contributed by atoms with Gasteiger partial charge in [0.25, 0.3) is 0 Å². The van der Waals surface area contributed by atoms with Crippen molar-refractivity contribution < 1.29 is 5.11 Å². The molecule has 1 atom stereocenters. The molecular weight excluding hydrogens is 428 g/mol. The van der Waals surface area contributed by atoms with E-state index in [2.05, 4.69) is 35.1 Å². The minimum absolute atomic E-state index is 0.442. The molecule has 29 heavy (non-hydrogen) atoms. The van der Waals surface area contributed by atoms with E-state index in [4.69, 9.17) is 15.7 Å². The smallest absolute Gasteiger partial charge is 0.149 e. The number of anilines is 2. The fraction of sp³-hybridized carbons (Fsp3) is 0.391. The van der Waals surface area contributed by atoms with Crippen LogP contribution in [0.5, 0.6) is 0 Å². The number of rotatable bonds is 6. The molecule has 0 bridgehead atoms. The average molecular weight is 457 g/mol. The predicted molar refractivity (Wildman–Crippen MR) is 124 cm³/mol. The molecule has 0 spiro atoms. The summed E-state index contributed by atoms with van der Waals surface area (Å²) in [7, 11) is 0. The molecule has 1 aromatic heterocycles. The molecule has 0 amide bonds. The summed E-state index contributed by atoms with van der Waals surface area (Å²) in [4.78, 5) is 9.56. The number of nitrogens with one attached hydrogen (secondary N) is 1. The zero-order chi connectivity index (χ0) is 21.1. The van der Waals surface area contributed by atoms with Gasteiger partial charge in [0, 0.05) is 17.7 Å². The molecule has 0 unspecified atom stereocenters. The third-order valence-electron chi connectivity index (χ3n) is 5.06. The van der Waals surface area contributed by atoms with E-state index in [1.807, 2.05) is 44.2 Å². The molecule has 6 heteroatoms. The summed E-state index contributed by atoms with van der Waals surface area (Å²) >= 11 is 3.56. The fourth-order valence-electron chi connectivity index (χ4n) is 3.38. The lowest BCUT2D eigenvalue weighted by atomic mass is 9.91. The Morgan fingerprint density at radius 1 is 1.28 bits per heavy atom. The van der Waals surface area contributed by atoms with E-state index in [0.717, 1.165) is 51.2 Å². The number of aliphatic hydroxyl groups is 1. The zero-order valence-corrected chi connectivity index (χ0v) is 19.0. The van der Waals surface area contributed by atoms with Crippen LogP contribution in [0.25, 0.3) is 11.3 Å². The van der Waals surface area contributed by atoms with Gasteiger partial charge in [0.1, 0.15) is 12.0 Å². The molecule has 1 aliphatic carbocycles. The van der Waals surface area contributed by atoms with Crippen LogP contribution in [0.15, 0.2) is 40.4 Å². The summed E-state index contributed by atoms with van der Waals surface area (Å²) in [5, 5.41) is 13.6. The molecule has 3 rings (SSSR count). The van der Waals surface area contributed by atoms with E-state index in [1.54, 1.807) is 0 Å². The zero-order valence-electron chi connectivity index (χ0n) is 17.5. The van der Waals surface area contributed by atoms with Crippen molar-refractivity contribution in [3.05, 3.63) is 57.4 Å². The van der Waals surface area contributed by atoms with Crippen molar-refractivity contribution in [3.63, 3.8) is 0 Å². The first kappa shape index (κ1) is 21.5. The second-order valence-electron chi connectivity index (χ2n) is 7.95. The van der Waals surface area contributed by atoms with Crippen LogP contribution in [-0.4, -0.2) is 21.3 Å². The van der Waals surface area contributed by atoms with Gasteiger partial charge in [0.05, 0.1) is 17.1 Å². The van der Waals surface area contributed by atoms with Crippen LogP contribution in [0.4, 0.5) is 11.5 Å². The van der Waals surface area contributed by atoms with Crippen molar-refractivity contribution >= 4 is 27.4 Å². The van der Waals surface area contributed by atoms with Crippen molar-refractivity contribution in [3.8, 4) is 11.3 Å². The first-order valence-electron chi connectivity index (χ1n) is 9.98. The fourth-order valence-corrected chi connectivity index (χ4v) is 3.51. The molecule has 154 valence electrons. The second kappa shape index (κ2) is 9.09. The second-order valence-corrected chi connectivity index (χ2v) is 8.87. The lowest BCUT2D eigenvalue weighted by molar-refractivity contribution is 0.203. The number of benzene rings is 1. The Morgan fingerprint density at radius 2 is 2.03 bits per heavy atom. The number of hydrogen-bond acceptors (Lipinski definition) is 5. The van der Waals surface area contributed by atoms with Crippen LogP contribution in [0.1, 0.15) is 44.1 Å². The highest BCUT2D eigenvalue weighted by Crippen LogP contribution is 2.33. The lowest BCUT2D eigenvalue weighted by Gasteiger charge is -2.22. The molecule has 1 aliphatic rings. The third-order valence-corrected chi connectivity index (χ3v) is 6.24. The van der Waals surface area contributed by atoms with Gasteiger partial charge in [0.2, 0.25) is 0 Å². The molecule has 0 aliphatic heterocycles. The highest BCUT2D eigenvalue weighted by Gasteiger charge is 2.21. The Bertz CT molecular complexity index is 966. The van der Waals surface area contributed by atoms with Crippen LogP contribution in [-0.2, 0) is 12.8 Å². The summed E-state index contributed by atoms with van der Waals surface area (Å²) in [5.74, 6) is 1.08. The highest BCUT2D eigenvalue weighted by molar-refractivity contribution is 9.11. The number of halogens is 1. The normalized spacial score (nSPS) is 15.1. The van der Waals surface area contributed by atoms with Gasteiger partial charge < -0.3 is 16.2 Å². The first-order valence-corrected chi connectivity index (χ1v) is 10.8. The van der Waals surface area contributed by atoms with Crippen molar-refractivity contribution in [2.75, 3.05) is 11.1 Å². The molecule has 0 fully saturated rings. The van der Waals surface area contributed by atoms with Gasteiger partial charge in [0.15, 0.2) is 0 Å². The van der Waals surface area contributed by atoms with Crippen molar-refractivity contribution in [2.24, 2.45) is 5.92 Å². The Balaban J connectivity index is 1.75. The number of nitrogen functional groups attached to an aromatic ring is 1. The Morgan fingerprint density at radius 3 is 2.76 bits per heavy atom. The quantitative estimate of drug-likeness (QED) is 0.318. The van der Waals surface area contributed by atoms with E-state index in [1.165, 1.54) is 5.56 Å². The molecule has 0 saturated heterocycles. The number of hydrogen-bond donors (Lipinski definition) is 3. The van der Waals surface area contributed by atoms with Crippen molar-refractivity contribution in [2.45, 2.75) is 53.2 Å². The van der Waals surface area contributed by atoms with Gasteiger partial charge in [-0.15, -0.1) is 0 Å². The summed E-state index contributed by atoms with van der Waals surface area (Å²) in [6.07, 6.45) is 5.57. The van der Waals surface area contributed by atoms with E-state index in [-0.39, 0.29) is 0 Å². The Hall–Kier alpha value is -2.18. The standard InChI is InChI=1S/C23H29BrN4O/c1-13(2)19(24)9-5-14(3)11-21(29)28-23-15(4)26-22-18-8-7-17(25)12-16(18)6-10-20(22)27-23/h5,7-9,12-13,21,29H,6,10-11,25H2,1-4H3,(H,27,28)/b14-5+,19-9+/t21-/m0/s1. The maximum atomic E-state index is 10.5. The maximum Gasteiger partial charge on any atom is 0.149 e. The monoisotopic (exact) mass is 456 g/mol. The van der Waals surface area contributed by atoms with Crippen LogP contribution in [0.2, 0.25) is 0 Å². The van der Waals surface area contributed by atoms with Crippen molar-refractivity contribution in [1.82, 2.24) is 9.97 Å². The van der Waals surface area contributed by atoms with Crippen LogP contribution < -0.4 is 11.1 Å². The first-order chi connectivity index (χ1) is 13.7.